The number of nitrogens with zero attached hydrogens (tertiary/aromatic N) is 1. The minimum Gasteiger partial charge on any atom is -0.484 e. The summed E-state index contributed by atoms with van der Waals surface area (Å²) in [5.41, 5.74) is 8.01. The van der Waals surface area contributed by atoms with Crippen LogP contribution in [0.2, 0.25) is 0 Å². The lowest BCUT2D eigenvalue weighted by atomic mass is 10.1. The van der Waals surface area contributed by atoms with Gasteiger partial charge in [0.05, 0.1) is 6.21 Å². The van der Waals surface area contributed by atoms with Gasteiger partial charge in [0, 0.05) is 0 Å². The molecule has 4 heteroatoms. The first-order valence-electron chi connectivity index (χ1n) is 8.79. The van der Waals surface area contributed by atoms with Crippen molar-refractivity contribution < 1.29 is 9.53 Å². The van der Waals surface area contributed by atoms with Gasteiger partial charge >= 0.3 is 0 Å². The number of hydrogen-bond donors (Lipinski definition) is 1. The number of hydrogen-bond acceptors (Lipinski definition) is 3. The van der Waals surface area contributed by atoms with Gasteiger partial charge in [-0.3, -0.25) is 4.79 Å². The first-order valence-corrected chi connectivity index (χ1v) is 8.79. The first kappa shape index (κ1) is 18.4. The topological polar surface area (TPSA) is 50.7 Å². The Morgan fingerprint density at radius 3 is 2.37 bits per heavy atom. The van der Waals surface area contributed by atoms with Crippen molar-refractivity contribution in [3.63, 3.8) is 0 Å². The molecular formula is C23H22N2O2. The maximum absolute atomic E-state index is 11.9. The molecule has 27 heavy (non-hydrogen) atoms. The van der Waals surface area contributed by atoms with E-state index in [1.54, 1.807) is 6.21 Å². The van der Waals surface area contributed by atoms with Crippen LogP contribution < -0.4 is 10.2 Å². The van der Waals surface area contributed by atoms with Gasteiger partial charge in [-0.1, -0.05) is 66.2 Å². The maximum Gasteiger partial charge on any atom is 0.277 e. The highest BCUT2D eigenvalue weighted by atomic mass is 16.5. The van der Waals surface area contributed by atoms with E-state index >= 15 is 0 Å². The van der Waals surface area contributed by atoms with Gasteiger partial charge in [-0.2, -0.15) is 5.10 Å². The van der Waals surface area contributed by atoms with Crippen molar-refractivity contribution in [1.29, 1.82) is 0 Å². The van der Waals surface area contributed by atoms with Gasteiger partial charge in [-0.15, -0.1) is 0 Å². The minimum atomic E-state index is -0.303. The van der Waals surface area contributed by atoms with Crippen LogP contribution in [0.25, 0.3) is 11.1 Å². The molecule has 0 spiro atoms. The summed E-state index contributed by atoms with van der Waals surface area (Å²) in [5, 5.41) is 3.99. The Hall–Kier alpha value is -3.40. The van der Waals surface area contributed by atoms with Gasteiger partial charge in [0.2, 0.25) is 0 Å². The molecule has 4 nitrogen and oxygen atoms in total. The zero-order valence-electron chi connectivity index (χ0n) is 15.5. The standard InChI is InChI=1S/C23H22N2O2/c1-17-8-9-21(18(2)14-17)15-24-25-23(26)16-27-22-12-10-20(11-13-22)19-6-4-3-5-7-19/h3-15H,16H2,1-2H3,(H,25,26). The van der Waals surface area contributed by atoms with E-state index in [0.717, 1.165) is 22.3 Å². The highest BCUT2D eigenvalue weighted by Gasteiger charge is 2.03. The van der Waals surface area contributed by atoms with E-state index in [0.29, 0.717) is 5.75 Å². The summed E-state index contributed by atoms with van der Waals surface area (Å²) in [6.45, 7) is 3.96. The Morgan fingerprint density at radius 1 is 0.963 bits per heavy atom. The fraction of sp³-hybridized carbons (Fsp3) is 0.130. The van der Waals surface area contributed by atoms with Gasteiger partial charge in [-0.25, -0.2) is 5.43 Å². The zero-order valence-corrected chi connectivity index (χ0v) is 15.5. The molecule has 0 bridgehead atoms. The normalized spacial score (nSPS) is 10.7. The van der Waals surface area contributed by atoms with Crippen LogP contribution in [0.1, 0.15) is 16.7 Å². The van der Waals surface area contributed by atoms with E-state index in [-0.39, 0.29) is 12.5 Å². The molecule has 0 radical (unpaired) electrons. The third-order valence-corrected chi connectivity index (χ3v) is 4.15. The van der Waals surface area contributed by atoms with Gasteiger partial charge in [-0.05, 0) is 48.2 Å². The van der Waals surface area contributed by atoms with Gasteiger partial charge in [0.25, 0.3) is 5.91 Å². The van der Waals surface area contributed by atoms with Crippen molar-refractivity contribution >= 4 is 12.1 Å². The predicted octanol–water partition coefficient (Wildman–Crippen LogP) is 4.50. The van der Waals surface area contributed by atoms with E-state index in [1.807, 2.05) is 68.4 Å². The third-order valence-electron chi connectivity index (χ3n) is 4.15. The molecule has 1 N–H and O–H groups in total. The summed E-state index contributed by atoms with van der Waals surface area (Å²) >= 11 is 0. The Morgan fingerprint density at radius 2 is 1.67 bits per heavy atom. The van der Waals surface area contributed by atoms with Crippen LogP contribution in [0.15, 0.2) is 77.9 Å². The van der Waals surface area contributed by atoms with Crippen molar-refractivity contribution in [3.05, 3.63) is 89.5 Å². The number of carbonyl (C=O) groups excluding carboxylic acids is 1. The highest BCUT2D eigenvalue weighted by molar-refractivity contribution is 5.84. The first-order chi connectivity index (χ1) is 13.1. The Balaban J connectivity index is 1.49. The lowest BCUT2D eigenvalue weighted by molar-refractivity contribution is -0.123. The zero-order chi connectivity index (χ0) is 19.1. The Labute approximate surface area is 159 Å². The van der Waals surface area contributed by atoms with Crippen LogP contribution >= 0.6 is 0 Å². The number of benzene rings is 3. The molecule has 0 saturated heterocycles. The van der Waals surface area contributed by atoms with Gasteiger partial charge in [0.1, 0.15) is 5.75 Å². The van der Waals surface area contributed by atoms with Crippen LogP contribution in [0.5, 0.6) is 5.75 Å². The van der Waals surface area contributed by atoms with E-state index in [1.165, 1.54) is 5.56 Å². The molecule has 3 aromatic carbocycles. The van der Waals surface area contributed by atoms with Gasteiger partial charge < -0.3 is 4.74 Å². The Kier molecular flexibility index (Phi) is 6.00. The maximum atomic E-state index is 11.9. The molecule has 136 valence electrons. The molecule has 0 heterocycles. The van der Waals surface area contributed by atoms with Crippen molar-refractivity contribution in [2.24, 2.45) is 5.10 Å². The second kappa shape index (κ2) is 8.81. The lowest BCUT2D eigenvalue weighted by Gasteiger charge is -2.07. The quantitative estimate of drug-likeness (QED) is 0.521. The molecular weight excluding hydrogens is 336 g/mol. The summed E-state index contributed by atoms with van der Waals surface area (Å²) in [5.74, 6) is 0.339. The molecule has 0 atom stereocenters. The summed E-state index contributed by atoms with van der Waals surface area (Å²) < 4.78 is 5.51. The van der Waals surface area contributed by atoms with Crippen LogP contribution in [-0.4, -0.2) is 18.7 Å². The fourth-order valence-corrected chi connectivity index (χ4v) is 2.70. The molecule has 1 amide bonds. The number of rotatable bonds is 6. The van der Waals surface area contributed by atoms with Crippen molar-refractivity contribution in [1.82, 2.24) is 5.43 Å². The molecule has 0 aliphatic rings. The van der Waals surface area contributed by atoms with Crippen molar-refractivity contribution in [2.45, 2.75) is 13.8 Å². The summed E-state index contributed by atoms with van der Waals surface area (Å²) in [6, 6.07) is 23.8. The van der Waals surface area contributed by atoms with Crippen LogP contribution in [-0.2, 0) is 4.79 Å². The SMILES string of the molecule is Cc1ccc(C=NNC(=O)COc2ccc(-c3ccccc3)cc2)c(C)c1. The van der Waals surface area contributed by atoms with Crippen molar-refractivity contribution in [2.75, 3.05) is 6.61 Å². The molecule has 0 aromatic heterocycles. The number of carbonyl (C=O) groups is 1. The van der Waals surface area contributed by atoms with Crippen LogP contribution in [0.4, 0.5) is 0 Å². The third kappa shape index (κ3) is 5.28. The molecule has 0 unspecified atom stereocenters. The molecule has 0 aliphatic carbocycles. The lowest BCUT2D eigenvalue weighted by Crippen LogP contribution is -2.24. The second-order valence-electron chi connectivity index (χ2n) is 6.33. The highest BCUT2D eigenvalue weighted by Crippen LogP contribution is 2.21. The average Bonchev–Trinajstić information content (AvgIpc) is 2.69. The average molecular weight is 358 g/mol. The smallest absolute Gasteiger partial charge is 0.277 e. The van der Waals surface area contributed by atoms with Gasteiger partial charge in [0.15, 0.2) is 6.61 Å². The Bertz CT molecular complexity index is 932. The van der Waals surface area contributed by atoms with Crippen molar-refractivity contribution in [3.8, 4) is 16.9 Å². The minimum absolute atomic E-state index is 0.0884. The second-order valence-corrected chi connectivity index (χ2v) is 6.33. The number of ether oxygens (including phenoxy) is 1. The van der Waals surface area contributed by atoms with E-state index in [9.17, 15) is 4.79 Å². The van der Waals surface area contributed by atoms with E-state index in [2.05, 4.69) is 28.7 Å². The summed E-state index contributed by atoms with van der Waals surface area (Å²) in [7, 11) is 0. The number of hydrazone groups is 1. The van der Waals surface area contributed by atoms with Crippen LogP contribution in [0, 0.1) is 13.8 Å². The molecule has 0 fully saturated rings. The molecule has 0 saturated carbocycles. The fourth-order valence-electron chi connectivity index (χ4n) is 2.70. The van der Waals surface area contributed by atoms with E-state index in [4.69, 9.17) is 4.74 Å². The molecule has 3 aromatic rings. The predicted molar refractivity (Wildman–Crippen MR) is 109 cm³/mol. The summed E-state index contributed by atoms with van der Waals surface area (Å²) in [4.78, 5) is 11.9. The molecule has 0 aliphatic heterocycles. The number of nitrogens with one attached hydrogen (secondary N) is 1. The van der Waals surface area contributed by atoms with Crippen LogP contribution in [0.3, 0.4) is 0 Å². The number of aryl methyl sites for hydroxylation is 2. The molecule has 3 rings (SSSR count). The summed E-state index contributed by atoms with van der Waals surface area (Å²) in [6.07, 6.45) is 1.64. The monoisotopic (exact) mass is 358 g/mol. The largest absolute Gasteiger partial charge is 0.484 e. The van der Waals surface area contributed by atoms with E-state index < -0.39 is 0 Å². The number of amides is 1.